The molecule has 4 unspecified atom stereocenters. The summed E-state index contributed by atoms with van der Waals surface area (Å²) in [7, 11) is -20.9. The number of phosphoric ester groups is 2. The number of phosphoric acid groups is 3. The number of nitrogens with one attached hydrogen (secondary N) is 2. The minimum absolute atomic E-state index is 0.00404. The molecule has 9 rings (SSSR count). The number of nitrogens with two attached hydrogens (primary N) is 3. The number of rotatable bonds is 23. The first kappa shape index (κ1) is 58.5. The number of aryl methyl sites for hydroxylation is 1. The van der Waals surface area contributed by atoms with Gasteiger partial charge in [0.1, 0.15) is 50.0 Å². The minimum atomic E-state index is -6.22. The topological polar surface area (TPSA) is 545 Å². The summed E-state index contributed by atoms with van der Waals surface area (Å²) in [6, 6.07) is 0. The standard InChI is InChI=1S/C37H53N15O23P4/c1-4-5-6-67-25-26(76(58,59)68-9-17-23(54)24(55)34(72-17)51-13-44-20-29(51)45-36(39)47-31(20)56)18(73-35(25)50-12-43-19-27(38)41-11-42-28(19)50)10-70-78(62,63)75-79(64,65)74-77(60,61)69-8-16-15(7-66-3)22(53)33(71-16)52-14-49(2)21-30(52)46-37(40)48-32(21)57/h11-18,22-26,33-35,53-55H,4-10H2,1-3H3,(H11-,38,39,40,41,42,45,46,47,48,56,57,58,59,60,61,62,63,64,65)/t15-,16-,17-,18-,22-,23-,24-,25-,26-,33-,34-,35-/m1/s1. The molecule has 3 saturated heterocycles. The summed E-state index contributed by atoms with van der Waals surface area (Å²) in [5.74, 6) is -1.72. The van der Waals surface area contributed by atoms with Gasteiger partial charge in [0.05, 0.1) is 64.0 Å². The van der Waals surface area contributed by atoms with Gasteiger partial charge in [-0.2, -0.15) is 13.6 Å². The van der Waals surface area contributed by atoms with E-state index >= 15 is 0 Å². The van der Waals surface area contributed by atoms with Crippen LogP contribution in [0.5, 0.6) is 0 Å². The highest BCUT2D eigenvalue weighted by atomic mass is 31.3. The van der Waals surface area contributed by atoms with Crippen LogP contribution < -0.4 is 37.8 Å². The highest BCUT2D eigenvalue weighted by Crippen LogP contribution is 2.68. The van der Waals surface area contributed by atoms with Crippen LogP contribution in [-0.2, 0) is 71.2 Å². The summed E-state index contributed by atoms with van der Waals surface area (Å²) < 4.78 is 113. The van der Waals surface area contributed by atoms with Gasteiger partial charge in [-0.05, 0) is 6.42 Å². The van der Waals surface area contributed by atoms with Crippen molar-refractivity contribution in [2.24, 2.45) is 13.0 Å². The zero-order chi connectivity index (χ0) is 57.1. The minimum Gasteiger partial charge on any atom is -0.778 e. The van der Waals surface area contributed by atoms with E-state index in [4.69, 9.17) is 54.5 Å². The molecular weight excluding hydrogens is 1150 g/mol. The van der Waals surface area contributed by atoms with Crippen molar-refractivity contribution in [3.05, 3.63) is 46.0 Å². The van der Waals surface area contributed by atoms with Crippen molar-refractivity contribution in [3.8, 4) is 0 Å². The number of methoxy groups -OCH3 is 1. The number of hydrogen-bond donors (Lipinski definition) is 11. The van der Waals surface area contributed by atoms with Crippen LogP contribution in [0.1, 0.15) is 38.4 Å². The van der Waals surface area contributed by atoms with E-state index in [0.29, 0.717) is 12.8 Å². The molecule has 42 heteroatoms. The first-order valence-electron chi connectivity index (χ1n) is 23.4. The Morgan fingerprint density at radius 3 is 2.05 bits per heavy atom. The lowest BCUT2D eigenvalue weighted by molar-refractivity contribution is -0.745. The Balaban J connectivity index is 0.911. The molecule has 14 N–H and O–H groups in total. The van der Waals surface area contributed by atoms with Gasteiger partial charge in [0.15, 0.2) is 41.4 Å². The summed E-state index contributed by atoms with van der Waals surface area (Å²) >= 11 is 0. The van der Waals surface area contributed by atoms with Crippen molar-refractivity contribution in [1.82, 2.24) is 53.6 Å². The number of unbranched alkanes of at least 4 members (excludes halogenated alkanes) is 1. The molecule has 3 aliphatic heterocycles. The number of nitrogen functional groups attached to an aromatic ring is 3. The van der Waals surface area contributed by atoms with Gasteiger partial charge in [0.25, 0.3) is 17.1 Å². The summed E-state index contributed by atoms with van der Waals surface area (Å²) in [6.07, 6.45) is -10.6. The second kappa shape index (κ2) is 22.7. The average Bonchev–Trinajstić information content (AvgIpc) is 4.25. The van der Waals surface area contributed by atoms with Gasteiger partial charge in [0, 0.05) is 19.6 Å². The van der Waals surface area contributed by atoms with Crippen LogP contribution in [0.25, 0.3) is 33.5 Å². The second-order valence-corrected chi connectivity index (χ2v) is 24.6. The molecule has 0 aliphatic carbocycles. The summed E-state index contributed by atoms with van der Waals surface area (Å²) in [5.41, 5.74) is 13.7. The lowest BCUT2D eigenvalue weighted by Gasteiger charge is -2.36. The van der Waals surface area contributed by atoms with Crippen LogP contribution in [0.3, 0.4) is 0 Å². The number of H-pyrrole nitrogens is 2. The highest BCUT2D eigenvalue weighted by Gasteiger charge is 2.55. The smallest absolute Gasteiger partial charge is 0.490 e. The van der Waals surface area contributed by atoms with Crippen LogP contribution in [0.15, 0.2) is 34.9 Å². The molecule has 6 aromatic heterocycles. The van der Waals surface area contributed by atoms with E-state index in [1.807, 2.05) is 0 Å². The normalized spacial score (nSPS) is 29.5. The summed E-state index contributed by atoms with van der Waals surface area (Å²) in [5, 5.41) is 33.4. The zero-order valence-electron chi connectivity index (χ0n) is 41.3. The molecule has 3 aliphatic rings. The van der Waals surface area contributed by atoms with E-state index in [1.54, 1.807) is 6.92 Å². The Morgan fingerprint density at radius 1 is 0.747 bits per heavy atom. The molecule has 0 spiro atoms. The lowest BCUT2D eigenvalue weighted by atomic mass is 9.99. The Morgan fingerprint density at radius 2 is 1.37 bits per heavy atom. The lowest BCUT2D eigenvalue weighted by Crippen LogP contribution is -2.45. The fraction of sp³-hybridized carbons (Fsp3) is 0.595. The number of aliphatic hydroxyl groups excluding tert-OH is 3. The van der Waals surface area contributed by atoms with Crippen molar-refractivity contribution < 1.29 is 104 Å². The Labute approximate surface area is 441 Å². The van der Waals surface area contributed by atoms with E-state index < -0.39 is 135 Å². The number of fused-ring (bicyclic) bond motifs is 3. The number of aliphatic hydroxyl groups is 3. The molecule has 9 heterocycles. The number of ether oxygens (including phenoxy) is 5. The van der Waals surface area contributed by atoms with Crippen LogP contribution >= 0.6 is 31.1 Å². The first-order chi connectivity index (χ1) is 37.2. The third kappa shape index (κ3) is 12.0. The van der Waals surface area contributed by atoms with Gasteiger partial charge < -0.3 is 84.9 Å². The van der Waals surface area contributed by atoms with Crippen molar-refractivity contribution in [2.45, 2.75) is 86.8 Å². The van der Waals surface area contributed by atoms with Crippen molar-refractivity contribution in [1.29, 1.82) is 0 Å². The average molecular weight is 1200 g/mol. The van der Waals surface area contributed by atoms with E-state index in [1.165, 1.54) is 34.2 Å². The number of hydrogen-bond acceptors (Lipinski definition) is 29. The highest BCUT2D eigenvalue weighted by molar-refractivity contribution is 7.66. The molecule has 0 bridgehead atoms. The summed E-state index contributed by atoms with van der Waals surface area (Å²) in [6.45, 7) is -1.88. The molecule has 0 aromatic carbocycles. The maximum atomic E-state index is 14.6. The number of aromatic nitrogens is 12. The quantitative estimate of drug-likeness (QED) is 0.0171. The molecule has 16 atom stereocenters. The zero-order valence-corrected chi connectivity index (χ0v) is 44.9. The van der Waals surface area contributed by atoms with Crippen LogP contribution in [-0.4, -0.2) is 172 Å². The molecule has 6 aromatic rings. The molecule has 0 saturated carbocycles. The van der Waals surface area contributed by atoms with E-state index in [2.05, 4.69) is 48.5 Å². The first-order valence-corrected chi connectivity index (χ1v) is 29.5. The van der Waals surface area contributed by atoms with Crippen molar-refractivity contribution >= 4 is 82.3 Å². The van der Waals surface area contributed by atoms with Crippen molar-refractivity contribution in [2.75, 3.05) is 57.3 Å². The van der Waals surface area contributed by atoms with Crippen LogP contribution in [0, 0.1) is 5.92 Å². The molecule has 0 amide bonds. The molecule has 38 nitrogen and oxygen atoms in total. The van der Waals surface area contributed by atoms with Gasteiger partial charge in [-0.3, -0.25) is 42.3 Å². The largest absolute Gasteiger partial charge is 0.778 e. The monoisotopic (exact) mass is 1200 g/mol. The van der Waals surface area contributed by atoms with Gasteiger partial charge in [-0.15, -0.1) is 0 Å². The number of nitrogens with zero attached hydrogens (tertiary/aromatic N) is 10. The van der Waals surface area contributed by atoms with Gasteiger partial charge in [-0.25, -0.2) is 38.2 Å². The number of aromatic amines is 2. The number of anilines is 3. The van der Waals surface area contributed by atoms with Crippen molar-refractivity contribution in [3.63, 3.8) is 0 Å². The van der Waals surface area contributed by atoms with Gasteiger partial charge in [-0.1, -0.05) is 18.3 Å². The fourth-order valence-corrected chi connectivity index (χ4v) is 14.5. The Hall–Kier alpha value is -5.11. The van der Waals surface area contributed by atoms with E-state index in [9.17, 15) is 62.7 Å². The fourth-order valence-electron chi connectivity index (χ4n) is 9.25. The molecule has 79 heavy (non-hydrogen) atoms. The molecule has 3 fully saturated rings. The second-order valence-electron chi connectivity index (χ2n) is 18.1. The maximum Gasteiger partial charge on any atom is 0.490 e. The molecular formula is C37H53N15O23P4. The van der Waals surface area contributed by atoms with E-state index in [-0.39, 0.29) is 64.4 Å². The van der Waals surface area contributed by atoms with Gasteiger partial charge in [0.2, 0.25) is 17.7 Å². The Kier molecular flexibility index (Phi) is 16.8. The Bertz CT molecular complexity index is 3550. The third-order valence-corrected chi connectivity index (χ3v) is 18.9. The predicted octanol–water partition coefficient (Wildman–Crippen LogP) is -3.20. The summed E-state index contributed by atoms with van der Waals surface area (Å²) in [4.78, 5) is 101. The predicted molar refractivity (Wildman–Crippen MR) is 259 cm³/mol. The number of imidazole rings is 3. The van der Waals surface area contributed by atoms with E-state index in [0.717, 1.165) is 23.5 Å². The maximum absolute atomic E-state index is 14.6. The van der Waals surface area contributed by atoms with Gasteiger partial charge >= 0.3 is 29.1 Å². The molecule has 434 valence electrons. The van der Waals surface area contributed by atoms with Crippen LogP contribution in [0.4, 0.5) is 17.7 Å². The third-order valence-electron chi connectivity index (χ3n) is 12.8. The SMILES string of the molecule is CCCCO[C@@H]1[C@H](P(=O)([O-])OC[C@H]2O[C@@H](n3cnc4c(=O)[nH]c(N)nc43)[C@H](O)[C@@H]2O)[C@@H](COP(=O)(O)OP(=O)(O)OP(=O)(O)OC[C@H]2O[C@@H]([n+]3cn(C)c4c(=O)[nH]c(N)nc43)[C@H](O)[C@@H]2COC)O[C@H]1n1cnc2c(N)ncnc21. The van der Waals surface area contributed by atoms with Crippen LogP contribution in [0.2, 0.25) is 0 Å². The molecule has 0 radical (unpaired) electrons.